The largest absolute Gasteiger partial charge is 0.355 e. The van der Waals surface area contributed by atoms with Crippen molar-refractivity contribution in [1.82, 2.24) is 10.2 Å². The zero-order valence-electron chi connectivity index (χ0n) is 21.1. The van der Waals surface area contributed by atoms with Gasteiger partial charge in [0, 0.05) is 27.6 Å². The minimum absolute atomic E-state index is 0.00299. The minimum atomic E-state index is -4.21. The van der Waals surface area contributed by atoms with E-state index in [-0.39, 0.29) is 33.1 Å². The smallest absolute Gasteiger partial charge is 0.264 e. The maximum absolute atomic E-state index is 13.8. The highest BCUT2D eigenvalue weighted by molar-refractivity contribution is 9.10. The third-order valence-electron chi connectivity index (χ3n) is 5.81. The number of benzene rings is 3. The Bertz CT molecular complexity index is 1380. The molecule has 0 fully saturated rings. The topological polar surface area (TPSA) is 86.8 Å². The second-order valence-corrected chi connectivity index (χ2v) is 12.3. The second-order valence-electron chi connectivity index (χ2n) is 8.67. The van der Waals surface area contributed by atoms with Crippen LogP contribution in [0.25, 0.3) is 0 Å². The fourth-order valence-electron chi connectivity index (χ4n) is 3.74. The zero-order chi connectivity index (χ0) is 28.0. The van der Waals surface area contributed by atoms with E-state index in [0.717, 1.165) is 19.9 Å². The number of sulfonamides is 1. The number of hydrogen-bond acceptors (Lipinski definition) is 4. The maximum atomic E-state index is 13.8. The highest BCUT2D eigenvalue weighted by Gasteiger charge is 2.32. The van der Waals surface area contributed by atoms with Gasteiger partial charge in [-0.1, -0.05) is 69.0 Å². The van der Waals surface area contributed by atoms with Crippen molar-refractivity contribution < 1.29 is 18.0 Å². The highest BCUT2D eigenvalue weighted by Crippen LogP contribution is 2.30. The summed E-state index contributed by atoms with van der Waals surface area (Å²) in [5.74, 6) is -0.921. The quantitative estimate of drug-likeness (QED) is 0.303. The molecule has 0 radical (unpaired) electrons. The Morgan fingerprint density at radius 1 is 0.974 bits per heavy atom. The van der Waals surface area contributed by atoms with Gasteiger partial charge in [0.05, 0.1) is 10.6 Å². The number of nitrogens with zero attached hydrogens (tertiary/aromatic N) is 2. The summed E-state index contributed by atoms with van der Waals surface area (Å²) in [6.07, 6.45) is 0. The predicted molar refractivity (Wildman–Crippen MR) is 155 cm³/mol. The molecule has 0 aliphatic rings. The van der Waals surface area contributed by atoms with Crippen molar-refractivity contribution in [3.8, 4) is 0 Å². The first kappa shape index (κ1) is 30.0. The lowest BCUT2D eigenvalue weighted by molar-refractivity contribution is -0.139. The molecule has 3 aromatic rings. The number of amides is 2. The molecule has 0 bridgehead atoms. The van der Waals surface area contributed by atoms with Crippen molar-refractivity contribution in [1.29, 1.82) is 0 Å². The molecule has 0 unspecified atom stereocenters. The number of anilines is 1. The maximum Gasteiger partial charge on any atom is 0.264 e. The Kier molecular flexibility index (Phi) is 10.2. The van der Waals surface area contributed by atoms with Crippen LogP contribution in [0.5, 0.6) is 0 Å². The number of rotatable bonds is 10. The fraction of sp³-hybridized carbons (Fsp3) is 0.259. The van der Waals surface area contributed by atoms with Gasteiger partial charge >= 0.3 is 0 Å². The third kappa shape index (κ3) is 7.50. The molecule has 0 aliphatic carbocycles. The standard InChI is InChI=1S/C27H28BrCl2N3O4S/c1-4-31-27(35)19(3)32(16-20-7-9-21(28)10-8-20)26(34)17-33(24-14-22(29)13-23(30)15-24)38(36,37)25-11-5-18(2)6-12-25/h5-15,19H,4,16-17H2,1-3H3,(H,31,35)/t19-/m0/s1. The Labute approximate surface area is 241 Å². The van der Waals surface area contributed by atoms with Crippen LogP contribution in [-0.4, -0.2) is 44.3 Å². The van der Waals surface area contributed by atoms with Gasteiger partial charge in [0.15, 0.2) is 0 Å². The molecule has 1 atom stereocenters. The molecule has 0 aliphatic heterocycles. The highest BCUT2D eigenvalue weighted by atomic mass is 79.9. The number of aryl methyl sites for hydroxylation is 1. The molecule has 38 heavy (non-hydrogen) atoms. The van der Waals surface area contributed by atoms with Gasteiger partial charge in [-0.05, 0) is 68.8 Å². The SMILES string of the molecule is CCNC(=O)[C@H](C)N(Cc1ccc(Br)cc1)C(=O)CN(c1cc(Cl)cc(Cl)c1)S(=O)(=O)c1ccc(C)cc1. The Balaban J connectivity index is 2.06. The monoisotopic (exact) mass is 639 g/mol. The number of hydrogen-bond donors (Lipinski definition) is 1. The van der Waals surface area contributed by atoms with Crippen molar-refractivity contribution >= 4 is 66.7 Å². The Morgan fingerprint density at radius 2 is 1.55 bits per heavy atom. The Hall–Kier alpha value is -2.59. The van der Waals surface area contributed by atoms with Gasteiger partial charge in [-0.2, -0.15) is 0 Å². The van der Waals surface area contributed by atoms with Gasteiger partial charge in [-0.15, -0.1) is 0 Å². The first-order valence-electron chi connectivity index (χ1n) is 11.8. The fourth-order valence-corrected chi connectivity index (χ4v) is 5.92. The molecule has 0 saturated carbocycles. The molecular weight excluding hydrogens is 613 g/mol. The summed E-state index contributed by atoms with van der Waals surface area (Å²) in [5.41, 5.74) is 1.79. The van der Waals surface area contributed by atoms with Crippen LogP contribution in [0.2, 0.25) is 10.0 Å². The van der Waals surface area contributed by atoms with E-state index in [1.165, 1.54) is 35.2 Å². The number of nitrogens with one attached hydrogen (secondary N) is 1. The van der Waals surface area contributed by atoms with Crippen LogP contribution in [0.3, 0.4) is 0 Å². The van der Waals surface area contributed by atoms with Gasteiger partial charge in [0.25, 0.3) is 10.0 Å². The van der Waals surface area contributed by atoms with Crippen molar-refractivity contribution in [2.75, 3.05) is 17.4 Å². The van der Waals surface area contributed by atoms with Crippen LogP contribution in [0, 0.1) is 6.92 Å². The molecule has 2 amide bonds. The molecule has 0 saturated heterocycles. The Morgan fingerprint density at radius 3 is 2.11 bits per heavy atom. The molecule has 11 heteroatoms. The summed E-state index contributed by atoms with van der Waals surface area (Å²) in [5, 5.41) is 3.16. The van der Waals surface area contributed by atoms with Crippen LogP contribution in [-0.2, 0) is 26.2 Å². The van der Waals surface area contributed by atoms with Crippen molar-refractivity contribution in [3.05, 3.63) is 92.4 Å². The number of carbonyl (C=O) groups excluding carboxylic acids is 2. The summed E-state index contributed by atoms with van der Waals surface area (Å²) in [6, 6.07) is 17.1. The summed E-state index contributed by atoms with van der Waals surface area (Å²) in [7, 11) is -4.21. The third-order valence-corrected chi connectivity index (χ3v) is 8.56. The van der Waals surface area contributed by atoms with Gasteiger partial charge in [-0.3, -0.25) is 13.9 Å². The lowest BCUT2D eigenvalue weighted by Gasteiger charge is -2.32. The molecule has 0 heterocycles. The van der Waals surface area contributed by atoms with E-state index >= 15 is 0 Å². The van der Waals surface area contributed by atoms with Crippen LogP contribution in [0.1, 0.15) is 25.0 Å². The van der Waals surface area contributed by atoms with Crippen molar-refractivity contribution in [2.24, 2.45) is 0 Å². The molecule has 202 valence electrons. The molecule has 3 rings (SSSR count). The second kappa shape index (κ2) is 13.0. The lowest BCUT2D eigenvalue weighted by atomic mass is 10.1. The van der Waals surface area contributed by atoms with E-state index in [9.17, 15) is 18.0 Å². The lowest BCUT2D eigenvalue weighted by Crippen LogP contribution is -2.51. The summed E-state index contributed by atoms with van der Waals surface area (Å²) in [6.45, 7) is 5.14. The van der Waals surface area contributed by atoms with Crippen LogP contribution in [0.4, 0.5) is 5.69 Å². The van der Waals surface area contributed by atoms with Crippen molar-refractivity contribution in [2.45, 2.75) is 38.3 Å². The van der Waals surface area contributed by atoms with Gasteiger partial charge in [-0.25, -0.2) is 8.42 Å². The summed E-state index contributed by atoms with van der Waals surface area (Å²) in [4.78, 5) is 27.9. The molecule has 7 nitrogen and oxygen atoms in total. The molecule has 0 aromatic heterocycles. The zero-order valence-corrected chi connectivity index (χ0v) is 25.0. The van der Waals surface area contributed by atoms with E-state index in [1.54, 1.807) is 26.0 Å². The molecule has 1 N–H and O–H groups in total. The molecule has 0 spiro atoms. The van der Waals surface area contributed by atoms with Crippen LogP contribution in [0.15, 0.2) is 76.1 Å². The minimum Gasteiger partial charge on any atom is -0.355 e. The summed E-state index contributed by atoms with van der Waals surface area (Å²) < 4.78 is 29.5. The van der Waals surface area contributed by atoms with Crippen LogP contribution >= 0.6 is 39.1 Å². The molecule has 3 aromatic carbocycles. The van der Waals surface area contributed by atoms with E-state index in [0.29, 0.717) is 6.54 Å². The number of likely N-dealkylation sites (N-methyl/N-ethyl adjacent to an activating group) is 1. The summed E-state index contributed by atoms with van der Waals surface area (Å²) >= 11 is 15.8. The van der Waals surface area contributed by atoms with E-state index in [1.807, 2.05) is 31.2 Å². The van der Waals surface area contributed by atoms with E-state index in [4.69, 9.17) is 23.2 Å². The van der Waals surface area contributed by atoms with Crippen LogP contribution < -0.4 is 9.62 Å². The average Bonchev–Trinajstić information content (AvgIpc) is 2.86. The normalized spacial score (nSPS) is 12.1. The van der Waals surface area contributed by atoms with Gasteiger partial charge in [0.2, 0.25) is 11.8 Å². The average molecular weight is 641 g/mol. The first-order chi connectivity index (χ1) is 17.9. The number of carbonyl (C=O) groups is 2. The van der Waals surface area contributed by atoms with Crippen molar-refractivity contribution in [3.63, 3.8) is 0 Å². The molecular formula is C27H28BrCl2N3O4S. The first-order valence-corrected chi connectivity index (χ1v) is 14.8. The van der Waals surface area contributed by atoms with E-state index < -0.39 is 28.5 Å². The predicted octanol–water partition coefficient (Wildman–Crippen LogP) is 5.81. The van der Waals surface area contributed by atoms with Gasteiger partial charge in [0.1, 0.15) is 12.6 Å². The van der Waals surface area contributed by atoms with Gasteiger partial charge < -0.3 is 10.2 Å². The van der Waals surface area contributed by atoms with E-state index in [2.05, 4.69) is 21.2 Å². The number of halogens is 3.